The Morgan fingerprint density at radius 2 is 2.00 bits per heavy atom. The van der Waals surface area contributed by atoms with Crippen LogP contribution in [-0.4, -0.2) is 35.8 Å². The van der Waals surface area contributed by atoms with Crippen molar-refractivity contribution in [3.63, 3.8) is 0 Å². The Morgan fingerprint density at radius 3 is 2.63 bits per heavy atom. The number of nitrogens with zero attached hydrogens (tertiary/aromatic N) is 1. The highest BCUT2D eigenvalue weighted by Crippen LogP contribution is 2.28. The van der Waals surface area contributed by atoms with Gasteiger partial charge in [-0.2, -0.15) is 0 Å². The number of ether oxygens (including phenoxy) is 1. The molecular formula is C20H22N2O4S. The molecule has 2 aromatic rings. The Hall–Kier alpha value is -2.67. The summed E-state index contributed by atoms with van der Waals surface area (Å²) in [7, 11) is 0. The van der Waals surface area contributed by atoms with Crippen molar-refractivity contribution in [1.29, 1.82) is 0 Å². The van der Waals surface area contributed by atoms with Gasteiger partial charge in [0, 0.05) is 25.1 Å². The van der Waals surface area contributed by atoms with Crippen molar-refractivity contribution < 1.29 is 19.1 Å². The minimum Gasteiger partial charge on any atom is -0.462 e. The lowest BCUT2D eigenvalue weighted by Gasteiger charge is -2.15. The lowest BCUT2D eigenvalue weighted by Crippen LogP contribution is -2.23. The van der Waals surface area contributed by atoms with E-state index in [1.165, 1.54) is 11.3 Å². The van der Waals surface area contributed by atoms with Gasteiger partial charge in [-0.3, -0.25) is 9.59 Å². The molecule has 1 aromatic carbocycles. The molecule has 7 heteroatoms. The zero-order chi connectivity index (χ0) is 19.4. The molecule has 0 aliphatic carbocycles. The van der Waals surface area contributed by atoms with Gasteiger partial charge in [-0.1, -0.05) is 12.1 Å². The fourth-order valence-electron chi connectivity index (χ4n) is 2.98. The first-order valence-electron chi connectivity index (χ1n) is 8.93. The van der Waals surface area contributed by atoms with Gasteiger partial charge in [0.25, 0.3) is 5.91 Å². The van der Waals surface area contributed by atoms with E-state index >= 15 is 0 Å². The molecule has 0 unspecified atom stereocenters. The molecule has 2 amide bonds. The van der Waals surface area contributed by atoms with Crippen LogP contribution in [0.25, 0.3) is 0 Å². The fourth-order valence-corrected chi connectivity index (χ4v) is 3.94. The van der Waals surface area contributed by atoms with E-state index in [1.54, 1.807) is 25.1 Å². The van der Waals surface area contributed by atoms with Crippen LogP contribution in [0.3, 0.4) is 0 Å². The molecule has 0 saturated carbocycles. The lowest BCUT2D eigenvalue weighted by atomic mass is 10.1. The van der Waals surface area contributed by atoms with Gasteiger partial charge in [0.15, 0.2) is 0 Å². The van der Waals surface area contributed by atoms with Crippen LogP contribution in [0.5, 0.6) is 0 Å². The summed E-state index contributed by atoms with van der Waals surface area (Å²) < 4.78 is 5.02. The first kappa shape index (κ1) is 19.1. The highest BCUT2D eigenvalue weighted by Gasteiger charge is 2.20. The number of aryl methyl sites for hydroxylation is 1. The van der Waals surface area contributed by atoms with Gasteiger partial charge < -0.3 is 15.0 Å². The van der Waals surface area contributed by atoms with Crippen molar-refractivity contribution >= 4 is 34.1 Å². The molecule has 0 radical (unpaired) electrons. The van der Waals surface area contributed by atoms with E-state index in [0.29, 0.717) is 35.0 Å². The Morgan fingerprint density at radius 1 is 1.26 bits per heavy atom. The Kier molecular flexibility index (Phi) is 5.91. The van der Waals surface area contributed by atoms with Gasteiger partial charge in [0.1, 0.15) is 4.88 Å². The molecule has 6 nitrogen and oxygen atoms in total. The summed E-state index contributed by atoms with van der Waals surface area (Å²) in [5, 5.41) is 3.43. The molecule has 0 bridgehead atoms. The average Bonchev–Trinajstić information content (AvgIpc) is 3.21. The molecule has 0 spiro atoms. The smallest absolute Gasteiger partial charge is 0.348 e. The second-order valence-electron chi connectivity index (χ2n) is 6.41. The number of anilines is 1. The molecule has 1 aromatic heterocycles. The number of hydrogen-bond acceptors (Lipinski definition) is 5. The van der Waals surface area contributed by atoms with Gasteiger partial charge in [0.05, 0.1) is 11.6 Å². The monoisotopic (exact) mass is 386 g/mol. The second-order valence-corrected chi connectivity index (χ2v) is 7.47. The van der Waals surface area contributed by atoms with Crippen molar-refractivity contribution in [3.8, 4) is 0 Å². The van der Waals surface area contributed by atoms with Crippen LogP contribution in [0.1, 0.15) is 50.9 Å². The van der Waals surface area contributed by atoms with Gasteiger partial charge in [0.2, 0.25) is 5.91 Å². The number of esters is 1. The maximum absolute atomic E-state index is 12.5. The highest BCUT2D eigenvalue weighted by molar-refractivity contribution is 7.18. The highest BCUT2D eigenvalue weighted by atomic mass is 32.1. The van der Waals surface area contributed by atoms with Crippen LogP contribution in [-0.2, 0) is 16.1 Å². The van der Waals surface area contributed by atoms with E-state index in [4.69, 9.17) is 4.74 Å². The van der Waals surface area contributed by atoms with Crippen molar-refractivity contribution in [3.05, 3.63) is 51.9 Å². The van der Waals surface area contributed by atoms with Crippen molar-refractivity contribution in [2.24, 2.45) is 0 Å². The maximum atomic E-state index is 12.5. The van der Waals surface area contributed by atoms with Crippen LogP contribution in [0, 0.1) is 6.92 Å². The first-order chi connectivity index (χ1) is 13.0. The number of rotatable bonds is 6. The molecule has 1 saturated heterocycles. The molecule has 1 N–H and O–H groups in total. The summed E-state index contributed by atoms with van der Waals surface area (Å²) in [4.78, 5) is 38.4. The van der Waals surface area contributed by atoms with E-state index in [9.17, 15) is 14.4 Å². The summed E-state index contributed by atoms with van der Waals surface area (Å²) in [6, 6.07) is 8.99. The number of hydrogen-bond donors (Lipinski definition) is 1. The standard InChI is InChI=1S/C20H22N2O4S/c1-3-26-20(25)18-13(2)11-16(27-18)21-19(24)15-8-6-14(7-9-15)12-22-10-4-5-17(22)23/h6-9,11H,3-5,10,12H2,1-2H3,(H,21,24). The second kappa shape index (κ2) is 8.35. The molecule has 1 aliphatic rings. The Bertz CT molecular complexity index is 857. The SMILES string of the molecule is CCOC(=O)c1sc(NC(=O)c2ccc(CN3CCCC3=O)cc2)cc1C. The summed E-state index contributed by atoms with van der Waals surface area (Å²) in [6.07, 6.45) is 1.53. The molecule has 2 heterocycles. The number of nitrogens with one attached hydrogen (secondary N) is 1. The zero-order valence-electron chi connectivity index (χ0n) is 15.4. The molecule has 142 valence electrons. The van der Waals surface area contributed by atoms with E-state index in [-0.39, 0.29) is 17.8 Å². The normalized spacial score (nSPS) is 13.7. The molecular weight excluding hydrogens is 364 g/mol. The third kappa shape index (κ3) is 4.54. The molecule has 3 rings (SSSR count). The van der Waals surface area contributed by atoms with Gasteiger partial charge in [-0.25, -0.2) is 4.79 Å². The van der Waals surface area contributed by atoms with E-state index < -0.39 is 0 Å². The summed E-state index contributed by atoms with van der Waals surface area (Å²) in [5.41, 5.74) is 2.30. The summed E-state index contributed by atoms with van der Waals surface area (Å²) >= 11 is 1.20. The molecule has 0 atom stereocenters. The predicted octanol–water partition coefficient (Wildman–Crippen LogP) is 3.61. The largest absolute Gasteiger partial charge is 0.462 e. The van der Waals surface area contributed by atoms with Crippen LogP contribution in [0.4, 0.5) is 5.00 Å². The Labute approximate surface area is 162 Å². The summed E-state index contributed by atoms with van der Waals surface area (Å²) in [5.74, 6) is -0.431. The van der Waals surface area contributed by atoms with Crippen molar-refractivity contribution in [2.45, 2.75) is 33.2 Å². The van der Waals surface area contributed by atoms with E-state index in [1.807, 2.05) is 24.0 Å². The number of likely N-dealkylation sites (tertiary alicyclic amines) is 1. The van der Waals surface area contributed by atoms with E-state index in [2.05, 4.69) is 5.32 Å². The third-order valence-electron chi connectivity index (χ3n) is 4.38. The van der Waals surface area contributed by atoms with Crippen LogP contribution in [0.15, 0.2) is 30.3 Å². The molecule has 1 aliphatic heterocycles. The molecule has 27 heavy (non-hydrogen) atoms. The zero-order valence-corrected chi connectivity index (χ0v) is 16.2. The number of thiophene rings is 1. The van der Waals surface area contributed by atoms with Crippen LogP contribution >= 0.6 is 11.3 Å². The van der Waals surface area contributed by atoms with Gasteiger partial charge >= 0.3 is 5.97 Å². The summed E-state index contributed by atoms with van der Waals surface area (Å²) in [6.45, 7) is 5.25. The van der Waals surface area contributed by atoms with Crippen LogP contribution in [0.2, 0.25) is 0 Å². The number of carbonyl (C=O) groups is 3. The first-order valence-corrected chi connectivity index (χ1v) is 9.75. The minimum atomic E-state index is -0.374. The fraction of sp³-hybridized carbons (Fsp3) is 0.350. The quantitative estimate of drug-likeness (QED) is 0.770. The lowest BCUT2D eigenvalue weighted by molar-refractivity contribution is -0.128. The van der Waals surface area contributed by atoms with E-state index in [0.717, 1.165) is 24.1 Å². The van der Waals surface area contributed by atoms with Crippen molar-refractivity contribution in [2.75, 3.05) is 18.5 Å². The van der Waals surface area contributed by atoms with Gasteiger partial charge in [-0.15, -0.1) is 11.3 Å². The number of amides is 2. The third-order valence-corrected chi connectivity index (χ3v) is 5.51. The van der Waals surface area contributed by atoms with Gasteiger partial charge in [-0.05, 0) is 49.6 Å². The average molecular weight is 386 g/mol. The maximum Gasteiger partial charge on any atom is 0.348 e. The Balaban J connectivity index is 1.63. The molecule has 1 fully saturated rings. The minimum absolute atomic E-state index is 0.183. The predicted molar refractivity (Wildman–Crippen MR) is 104 cm³/mol. The van der Waals surface area contributed by atoms with Crippen LogP contribution < -0.4 is 5.32 Å². The van der Waals surface area contributed by atoms with Crippen molar-refractivity contribution in [1.82, 2.24) is 4.90 Å². The number of carbonyl (C=O) groups excluding carboxylic acids is 3. The number of benzene rings is 1. The topological polar surface area (TPSA) is 75.7 Å².